The largest absolute Gasteiger partial charge is 0.456 e. The minimum absolute atomic E-state index is 0.883. The van der Waals surface area contributed by atoms with Crippen molar-refractivity contribution < 1.29 is 4.42 Å². The van der Waals surface area contributed by atoms with Crippen molar-refractivity contribution in [2.75, 3.05) is 4.90 Å². The zero-order valence-electron chi connectivity index (χ0n) is 31.1. The lowest BCUT2D eigenvalue weighted by molar-refractivity contribution is 0.669. The third-order valence-electron chi connectivity index (χ3n) is 11.2. The Balaban J connectivity index is 1.05. The summed E-state index contributed by atoms with van der Waals surface area (Å²) in [5.41, 5.74) is 15.5. The average molecular weight is 729 g/mol. The van der Waals surface area contributed by atoms with E-state index in [9.17, 15) is 0 Å². The van der Waals surface area contributed by atoms with Gasteiger partial charge in [0.2, 0.25) is 0 Å². The average Bonchev–Trinajstić information content (AvgIpc) is 3.83. The molecule has 0 N–H and O–H groups in total. The summed E-state index contributed by atoms with van der Waals surface area (Å²) in [6, 6.07) is 78.1. The van der Waals surface area contributed by atoms with Crippen LogP contribution >= 0.6 is 0 Å². The number of para-hydroxylation sites is 5. The SMILES string of the molecule is c1ccc(-c2ccc(N(c3ccc(-c4ccccc4-n4c5ccccc5c5ccccc54)cc3)c3ccccc3-c3ccc4c(c3)oc3ccccc34)cc2)cc1. The van der Waals surface area contributed by atoms with E-state index in [0.29, 0.717) is 0 Å². The van der Waals surface area contributed by atoms with E-state index < -0.39 is 0 Å². The van der Waals surface area contributed by atoms with Crippen LogP contribution in [-0.2, 0) is 0 Å². The predicted molar refractivity (Wildman–Crippen MR) is 239 cm³/mol. The molecule has 0 spiro atoms. The van der Waals surface area contributed by atoms with E-state index in [1.165, 1.54) is 38.5 Å². The zero-order chi connectivity index (χ0) is 37.7. The van der Waals surface area contributed by atoms with Gasteiger partial charge < -0.3 is 13.9 Å². The van der Waals surface area contributed by atoms with Gasteiger partial charge in [-0.3, -0.25) is 0 Å². The minimum Gasteiger partial charge on any atom is -0.456 e. The van der Waals surface area contributed by atoms with E-state index in [4.69, 9.17) is 4.42 Å². The molecule has 2 heterocycles. The second-order valence-electron chi connectivity index (χ2n) is 14.5. The van der Waals surface area contributed by atoms with Gasteiger partial charge in [0.25, 0.3) is 0 Å². The number of hydrogen-bond donors (Lipinski definition) is 0. The van der Waals surface area contributed by atoms with E-state index in [-0.39, 0.29) is 0 Å². The van der Waals surface area contributed by atoms with Crippen LogP contribution in [0.25, 0.3) is 82.8 Å². The van der Waals surface area contributed by atoms with Crippen LogP contribution < -0.4 is 4.90 Å². The number of aromatic nitrogens is 1. The molecule has 0 unspecified atom stereocenters. The van der Waals surface area contributed by atoms with Crippen LogP contribution in [0, 0.1) is 0 Å². The highest BCUT2D eigenvalue weighted by atomic mass is 16.3. The molecule has 0 fully saturated rings. The van der Waals surface area contributed by atoms with Crippen molar-refractivity contribution in [2.24, 2.45) is 0 Å². The minimum atomic E-state index is 0.883. The van der Waals surface area contributed by atoms with Gasteiger partial charge in [0, 0.05) is 44.0 Å². The number of hydrogen-bond acceptors (Lipinski definition) is 2. The van der Waals surface area contributed by atoms with Gasteiger partial charge in [-0.25, -0.2) is 0 Å². The Hall–Kier alpha value is -7.62. The lowest BCUT2D eigenvalue weighted by Crippen LogP contribution is -2.11. The molecule has 3 nitrogen and oxygen atoms in total. The first-order valence-electron chi connectivity index (χ1n) is 19.4. The number of anilines is 3. The van der Waals surface area contributed by atoms with E-state index in [1.807, 2.05) is 12.1 Å². The molecule has 0 saturated carbocycles. The van der Waals surface area contributed by atoms with Gasteiger partial charge in [-0.1, -0.05) is 152 Å². The number of rotatable bonds is 7. The molecule has 0 atom stereocenters. The van der Waals surface area contributed by atoms with Gasteiger partial charge in [0.15, 0.2) is 0 Å². The number of benzene rings is 9. The highest BCUT2D eigenvalue weighted by molar-refractivity contribution is 6.10. The number of nitrogens with zero attached hydrogens (tertiary/aromatic N) is 2. The first kappa shape index (κ1) is 32.8. The molecule has 9 aromatic carbocycles. The Labute approximate surface area is 330 Å². The van der Waals surface area contributed by atoms with Crippen LogP contribution in [0.5, 0.6) is 0 Å². The predicted octanol–water partition coefficient (Wildman–Crippen LogP) is 15.2. The summed E-state index contributed by atoms with van der Waals surface area (Å²) < 4.78 is 8.77. The Morgan fingerprint density at radius 2 is 0.842 bits per heavy atom. The van der Waals surface area contributed by atoms with Crippen molar-refractivity contribution in [1.29, 1.82) is 0 Å². The molecule has 0 bridgehead atoms. The van der Waals surface area contributed by atoms with Gasteiger partial charge >= 0.3 is 0 Å². The van der Waals surface area contributed by atoms with Gasteiger partial charge in [-0.15, -0.1) is 0 Å². The topological polar surface area (TPSA) is 21.3 Å². The quantitative estimate of drug-likeness (QED) is 0.163. The van der Waals surface area contributed by atoms with Crippen molar-refractivity contribution >= 4 is 60.8 Å². The molecule has 0 saturated heterocycles. The molecule has 11 rings (SSSR count). The van der Waals surface area contributed by atoms with Crippen molar-refractivity contribution in [2.45, 2.75) is 0 Å². The number of furan rings is 1. The highest BCUT2D eigenvalue weighted by Crippen LogP contribution is 2.44. The first-order valence-corrected chi connectivity index (χ1v) is 19.4. The van der Waals surface area contributed by atoms with E-state index >= 15 is 0 Å². The summed E-state index contributed by atoms with van der Waals surface area (Å²) in [5.74, 6) is 0. The summed E-state index contributed by atoms with van der Waals surface area (Å²) in [6.45, 7) is 0. The summed E-state index contributed by atoms with van der Waals surface area (Å²) >= 11 is 0. The van der Waals surface area contributed by atoms with Gasteiger partial charge in [-0.2, -0.15) is 0 Å². The molecule has 0 aliphatic heterocycles. The fraction of sp³-hybridized carbons (Fsp3) is 0. The molecule has 0 amide bonds. The zero-order valence-corrected chi connectivity index (χ0v) is 31.1. The van der Waals surface area contributed by atoms with Gasteiger partial charge in [0.1, 0.15) is 11.2 Å². The summed E-state index contributed by atoms with van der Waals surface area (Å²) in [5, 5.41) is 4.76. The van der Waals surface area contributed by atoms with Gasteiger partial charge in [0.05, 0.1) is 22.4 Å². The summed E-state index contributed by atoms with van der Waals surface area (Å²) in [7, 11) is 0. The maximum Gasteiger partial charge on any atom is 0.136 e. The third-order valence-corrected chi connectivity index (χ3v) is 11.2. The normalized spacial score (nSPS) is 11.5. The van der Waals surface area contributed by atoms with Crippen LogP contribution in [-0.4, -0.2) is 4.57 Å². The van der Waals surface area contributed by atoms with Crippen molar-refractivity contribution in [1.82, 2.24) is 4.57 Å². The fourth-order valence-electron chi connectivity index (χ4n) is 8.55. The summed E-state index contributed by atoms with van der Waals surface area (Å²) in [6.07, 6.45) is 0. The molecule has 11 aromatic rings. The van der Waals surface area contributed by atoms with Gasteiger partial charge in [-0.05, 0) is 89.0 Å². The highest BCUT2D eigenvalue weighted by Gasteiger charge is 2.20. The number of fused-ring (bicyclic) bond motifs is 6. The molecule has 2 aromatic heterocycles. The molecule has 0 aliphatic rings. The van der Waals surface area contributed by atoms with Crippen molar-refractivity contribution in [3.63, 3.8) is 0 Å². The standard InChI is InChI=1S/C54H36N2O/c1-2-14-37(15-3-1)38-26-31-41(32-27-38)55(49-21-9-5-17-44(49)40-30-35-48-47-20-8-13-25-53(47)57-54(48)36-40)42-33-28-39(29-34-42)43-16-4-10-22-50(43)56-51-23-11-6-18-45(51)46-19-7-12-24-52(46)56/h1-36H. The third kappa shape index (κ3) is 5.60. The van der Waals surface area contributed by atoms with Crippen LogP contribution in [0.4, 0.5) is 17.1 Å². The van der Waals surface area contributed by atoms with Crippen molar-refractivity contribution in [3.05, 3.63) is 218 Å². The Morgan fingerprint density at radius 1 is 0.333 bits per heavy atom. The first-order chi connectivity index (χ1) is 28.3. The smallest absolute Gasteiger partial charge is 0.136 e. The Kier molecular flexibility index (Phi) is 7.82. The molecule has 0 aliphatic carbocycles. The van der Waals surface area contributed by atoms with Crippen LogP contribution in [0.3, 0.4) is 0 Å². The van der Waals surface area contributed by atoms with E-state index in [0.717, 1.165) is 61.4 Å². The van der Waals surface area contributed by atoms with Crippen LogP contribution in [0.1, 0.15) is 0 Å². The maximum atomic E-state index is 6.36. The lowest BCUT2D eigenvalue weighted by Gasteiger charge is -2.28. The van der Waals surface area contributed by atoms with Crippen LogP contribution in [0.15, 0.2) is 223 Å². The van der Waals surface area contributed by atoms with Crippen LogP contribution in [0.2, 0.25) is 0 Å². The molecular weight excluding hydrogens is 693 g/mol. The van der Waals surface area contributed by atoms with E-state index in [1.54, 1.807) is 0 Å². The second kappa shape index (κ2) is 13.6. The summed E-state index contributed by atoms with van der Waals surface area (Å²) in [4.78, 5) is 2.37. The second-order valence-corrected chi connectivity index (χ2v) is 14.5. The molecule has 268 valence electrons. The maximum absolute atomic E-state index is 6.36. The Bertz CT molecular complexity index is 3170. The molecular formula is C54H36N2O. The lowest BCUT2D eigenvalue weighted by atomic mass is 9.99. The molecule has 57 heavy (non-hydrogen) atoms. The molecule has 3 heteroatoms. The molecule has 0 radical (unpaired) electrons. The Morgan fingerprint density at radius 3 is 1.56 bits per heavy atom. The van der Waals surface area contributed by atoms with E-state index in [2.05, 4.69) is 216 Å². The fourth-order valence-corrected chi connectivity index (χ4v) is 8.55. The van der Waals surface area contributed by atoms with Crippen molar-refractivity contribution in [3.8, 4) is 39.1 Å². The monoisotopic (exact) mass is 728 g/mol.